The maximum absolute atomic E-state index is 15.7. The molecule has 0 aliphatic carbocycles. The molecule has 2 amide bonds. The van der Waals surface area contributed by atoms with Gasteiger partial charge >= 0.3 is 6.03 Å². The number of piperidine rings is 1. The number of anilines is 1. The highest BCUT2D eigenvalue weighted by Crippen LogP contribution is 2.40. The number of urea groups is 1. The number of amides is 2. The van der Waals surface area contributed by atoms with Gasteiger partial charge in [0, 0.05) is 57.0 Å². The summed E-state index contributed by atoms with van der Waals surface area (Å²) in [7, 11) is -3.51. The Morgan fingerprint density at radius 2 is 1.81 bits per heavy atom. The molecule has 1 aliphatic heterocycles. The van der Waals surface area contributed by atoms with Gasteiger partial charge in [0.1, 0.15) is 5.69 Å². The lowest BCUT2D eigenvalue weighted by Gasteiger charge is -2.37. The van der Waals surface area contributed by atoms with E-state index in [1.807, 2.05) is 0 Å². The van der Waals surface area contributed by atoms with Crippen LogP contribution in [0.1, 0.15) is 32.4 Å². The van der Waals surface area contributed by atoms with Gasteiger partial charge in [-0.2, -0.15) is 18.3 Å². The van der Waals surface area contributed by atoms with E-state index in [0.717, 1.165) is 24.7 Å². The second-order valence-corrected chi connectivity index (χ2v) is 10.2. The lowest BCUT2D eigenvalue weighted by Crippen LogP contribution is -2.48. The second kappa shape index (κ2) is 8.34. The molecule has 0 radical (unpaired) electrons. The van der Waals surface area contributed by atoms with Crippen molar-refractivity contribution in [3.63, 3.8) is 0 Å². The van der Waals surface area contributed by atoms with Crippen molar-refractivity contribution < 1.29 is 30.8 Å². The van der Waals surface area contributed by atoms with E-state index in [2.05, 4.69) is 15.4 Å². The van der Waals surface area contributed by atoms with Crippen LogP contribution in [0.5, 0.6) is 0 Å². The Balaban J connectivity index is 1.71. The minimum Gasteiger partial charge on any atom is -0.325 e. The highest BCUT2D eigenvalue weighted by atomic mass is 32.2. The van der Waals surface area contributed by atoms with Gasteiger partial charge in [0.15, 0.2) is 5.03 Å². The van der Waals surface area contributed by atoms with Crippen molar-refractivity contribution in [3.05, 3.63) is 36.0 Å². The molecule has 2 aromatic rings. The lowest BCUT2D eigenvalue weighted by atomic mass is 9.92. The molecule has 32 heavy (non-hydrogen) atoms. The predicted molar refractivity (Wildman–Crippen MR) is 107 cm³/mol. The minimum absolute atomic E-state index is 0.0268. The van der Waals surface area contributed by atoms with Gasteiger partial charge in [0.05, 0.1) is 0 Å². The average Bonchev–Trinajstić information content (AvgIpc) is 3.11. The molecule has 0 spiro atoms. The highest BCUT2D eigenvalue weighted by molar-refractivity contribution is 7.92. The van der Waals surface area contributed by atoms with Gasteiger partial charge in [-0.15, -0.1) is 0 Å². The van der Waals surface area contributed by atoms with Crippen molar-refractivity contribution in [1.82, 2.24) is 19.7 Å². The molecule has 176 valence electrons. The van der Waals surface area contributed by atoms with Gasteiger partial charge in [-0.25, -0.2) is 22.6 Å². The maximum Gasteiger partial charge on any atom is 0.321 e. The molecule has 1 saturated heterocycles. The third-order valence-corrected chi connectivity index (χ3v) is 7.89. The van der Waals surface area contributed by atoms with E-state index in [9.17, 15) is 26.4 Å². The molecule has 0 unspecified atom stereocenters. The van der Waals surface area contributed by atoms with Crippen molar-refractivity contribution in [3.8, 4) is 0 Å². The Morgan fingerprint density at radius 3 is 2.34 bits per heavy atom. The summed E-state index contributed by atoms with van der Waals surface area (Å²) in [5, 5.41) is 2.61. The SMILES string of the molecule is Cn1nc(C(C)(F)F)cc1S(=O)(=O)[C@@](C)(F)C1CCN(C(=O)Nc2ccnc(F)c2)CC1. The van der Waals surface area contributed by atoms with Crippen molar-refractivity contribution >= 4 is 21.6 Å². The number of carbonyl (C=O) groups excluding carboxylic acids is 1. The van der Waals surface area contributed by atoms with Gasteiger partial charge < -0.3 is 10.2 Å². The molecule has 1 atom stereocenters. The molecular formula is C19H23F4N5O3S. The van der Waals surface area contributed by atoms with Crippen LogP contribution in [0.3, 0.4) is 0 Å². The number of rotatable bonds is 5. The van der Waals surface area contributed by atoms with Crippen molar-refractivity contribution in [2.24, 2.45) is 13.0 Å². The smallest absolute Gasteiger partial charge is 0.321 e. The fourth-order valence-electron chi connectivity index (χ4n) is 3.62. The van der Waals surface area contributed by atoms with E-state index in [4.69, 9.17) is 0 Å². The Labute approximate surface area is 182 Å². The Hall–Kier alpha value is -2.70. The molecule has 13 heteroatoms. The molecule has 3 rings (SSSR count). The Bertz CT molecular complexity index is 1110. The Morgan fingerprint density at radius 1 is 1.19 bits per heavy atom. The van der Waals surface area contributed by atoms with E-state index in [0.29, 0.717) is 13.0 Å². The van der Waals surface area contributed by atoms with Gasteiger partial charge in [0.25, 0.3) is 5.92 Å². The third-order valence-electron chi connectivity index (χ3n) is 5.58. The van der Waals surface area contributed by atoms with Crippen molar-refractivity contribution in [1.29, 1.82) is 0 Å². The summed E-state index contributed by atoms with van der Waals surface area (Å²) < 4.78 is 82.6. The second-order valence-electron chi connectivity index (χ2n) is 7.93. The van der Waals surface area contributed by atoms with Gasteiger partial charge in [-0.05, 0) is 25.8 Å². The number of hydrogen-bond acceptors (Lipinski definition) is 5. The molecule has 3 heterocycles. The van der Waals surface area contributed by atoms with Crippen LogP contribution in [-0.2, 0) is 22.8 Å². The number of pyridine rings is 1. The van der Waals surface area contributed by atoms with Gasteiger partial charge in [-0.3, -0.25) is 4.68 Å². The van der Waals surface area contributed by atoms with E-state index >= 15 is 4.39 Å². The number of carbonyl (C=O) groups is 1. The topological polar surface area (TPSA) is 97.2 Å². The maximum atomic E-state index is 15.7. The standard InChI is InChI=1S/C19H23F4N5O3S/c1-18(21,22)14-11-16(27(3)26-14)32(30,31)19(2,23)12-5-8-28(9-6-12)17(29)25-13-4-7-24-15(20)10-13/h4,7,10-12H,5-6,8-9H2,1-3H3,(H,24,25,29)/t19-/m1/s1. The first kappa shape index (κ1) is 24.0. The largest absolute Gasteiger partial charge is 0.325 e. The summed E-state index contributed by atoms with van der Waals surface area (Å²) in [5.74, 6) is -5.12. The van der Waals surface area contributed by atoms with E-state index in [1.165, 1.54) is 17.2 Å². The minimum atomic E-state index is -4.67. The summed E-state index contributed by atoms with van der Waals surface area (Å²) in [6, 6.07) is 2.58. The highest BCUT2D eigenvalue weighted by Gasteiger charge is 2.50. The van der Waals surface area contributed by atoms with Crippen LogP contribution in [-0.4, -0.2) is 52.2 Å². The first-order valence-electron chi connectivity index (χ1n) is 9.77. The lowest BCUT2D eigenvalue weighted by molar-refractivity contribution is 0.0122. The number of likely N-dealkylation sites (tertiary alicyclic amines) is 1. The van der Waals surface area contributed by atoms with Crippen molar-refractivity contribution in [2.75, 3.05) is 18.4 Å². The summed E-state index contributed by atoms with van der Waals surface area (Å²) in [6.45, 7) is 1.59. The quantitative estimate of drug-likeness (QED) is 0.526. The summed E-state index contributed by atoms with van der Waals surface area (Å²) >= 11 is 0. The molecule has 1 N–H and O–H groups in total. The van der Waals surface area contributed by atoms with Crippen LogP contribution in [0.15, 0.2) is 29.4 Å². The molecule has 0 saturated carbocycles. The van der Waals surface area contributed by atoms with Gasteiger partial charge in [0.2, 0.25) is 20.8 Å². The monoisotopic (exact) mass is 477 g/mol. The number of hydrogen-bond donors (Lipinski definition) is 1. The van der Waals surface area contributed by atoms with E-state index < -0.39 is 49.4 Å². The summed E-state index contributed by atoms with van der Waals surface area (Å²) in [5.41, 5.74) is -0.573. The van der Waals surface area contributed by atoms with E-state index in [1.54, 1.807) is 0 Å². The number of nitrogens with one attached hydrogen (secondary N) is 1. The summed E-state index contributed by atoms with van der Waals surface area (Å²) in [6.07, 6.45) is 1.24. The predicted octanol–water partition coefficient (Wildman–Crippen LogP) is 3.47. The van der Waals surface area contributed by atoms with Crippen LogP contribution in [0.25, 0.3) is 0 Å². The number of nitrogens with zero attached hydrogens (tertiary/aromatic N) is 4. The number of sulfone groups is 1. The molecule has 0 bridgehead atoms. The van der Waals surface area contributed by atoms with Crippen LogP contribution in [0.2, 0.25) is 0 Å². The van der Waals surface area contributed by atoms with Crippen LogP contribution >= 0.6 is 0 Å². The van der Waals surface area contributed by atoms with E-state index in [-0.39, 0.29) is 31.6 Å². The first-order chi connectivity index (χ1) is 14.7. The first-order valence-corrected chi connectivity index (χ1v) is 11.2. The zero-order chi connectivity index (χ0) is 23.9. The van der Waals surface area contributed by atoms with Gasteiger partial charge in [-0.1, -0.05) is 0 Å². The molecule has 0 aromatic carbocycles. The number of aromatic nitrogens is 3. The average molecular weight is 477 g/mol. The normalized spacial score (nSPS) is 17.8. The summed E-state index contributed by atoms with van der Waals surface area (Å²) in [4.78, 5) is 17.1. The molecule has 1 aliphatic rings. The van der Waals surface area contributed by atoms with Crippen molar-refractivity contribution in [2.45, 2.75) is 42.6 Å². The molecule has 2 aromatic heterocycles. The Kier molecular flexibility index (Phi) is 6.24. The third kappa shape index (κ3) is 4.57. The van der Waals surface area contributed by atoms with Crippen LogP contribution in [0.4, 0.5) is 28.0 Å². The fourth-order valence-corrected chi connectivity index (χ4v) is 5.36. The molecule has 8 nitrogen and oxygen atoms in total. The number of alkyl halides is 3. The van der Waals surface area contributed by atoms with Crippen LogP contribution in [0, 0.1) is 11.9 Å². The molecular weight excluding hydrogens is 454 g/mol. The van der Waals surface area contributed by atoms with Crippen LogP contribution < -0.4 is 5.32 Å². The number of halogens is 4. The zero-order valence-corrected chi connectivity index (χ0v) is 18.5. The number of aryl methyl sites for hydroxylation is 1. The molecule has 1 fully saturated rings. The fraction of sp³-hybridized carbons (Fsp3) is 0.526. The zero-order valence-electron chi connectivity index (χ0n) is 17.6.